The van der Waals surface area contributed by atoms with Crippen LogP contribution in [-0.2, 0) is 0 Å². The minimum absolute atomic E-state index is 0.211. The Morgan fingerprint density at radius 3 is 2.82 bits per heavy atom. The molecule has 0 aliphatic carbocycles. The second-order valence-electron chi connectivity index (χ2n) is 3.40. The highest BCUT2D eigenvalue weighted by molar-refractivity contribution is 5.88. The highest BCUT2D eigenvalue weighted by Crippen LogP contribution is 2.13. The van der Waals surface area contributed by atoms with Gasteiger partial charge in [0, 0.05) is 11.9 Å². The highest BCUT2D eigenvalue weighted by atomic mass is 16.4. The lowest BCUT2D eigenvalue weighted by atomic mass is 10.2. The van der Waals surface area contributed by atoms with E-state index in [2.05, 4.69) is 5.16 Å². The summed E-state index contributed by atoms with van der Waals surface area (Å²) < 4.78 is 1.73. The molecule has 0 aliphatic rings. The Bertz CT molecular complexity index is 573. The average Bonchev–Trinajstić information content (AvgIpc) is 2.78. The van der Waals surface area contributed by atoms with E-state index >= 15 is 0 Å². The Labute approximate surface area is 97.2 Å². The van der Waals surface area contributed by atoms with Crippen molar-refractivity contribution in [3.8, 4) is 5.69 Å². The molecule has 2 rings (SSSR count). The van der Waals surface area contributed by atoms with Gasteiger partial charge in [-0.05, 0) is 30.3 Å². The van der Waals surface area contributed by atoms with Crippen molar-refractivity contribution in [3.63, 3.8) is 0 Å². The molecule has 1 heterocycles. The van der Waals surface area contributed by atoms with E-state index in [1.165, 1.54) is 12.3 Å². The number of carboxylic acids is 1. The van der Waals surface area contributed by atoms with Crippen molar-refractivity contribution < 1.29 is 15.1 Å². The van der Waals surface area contributed by atoms with Crippen LogP contribution in [0.2, 0.25) is 0 Å². The van der Waals surface area contributed by atoms with Gasteiger partial charge in [-0.1, -0.05) is 11.2 Å². The van der Waals surface area contributed by atoms with Gasteiger partial charge in [-0.2, -0.15) is 0 Å². The van der Waals surface area contributed by atoms with Gasteiger partial charge in [0.2, 0.25) is 0 Å². The van der Waals surface area contributed by atoms with Gasteiger partial charge < -0.3 is 14.9 Å². The lowest BCUT2D eigenvalue weighted by Gasteiger charge is -2.06. The summed E-state index contributed by atoms with van der Waals surface area (Å²) in [5, 5.41) is 20.4. The molecule has 0 saturated carbocycles. The molecule has 1 aromatic heterocycles. The predicted octanol–water partition coefficient (Wildman–Crippen LogP) is 1.98. The van der Waals surface area contributed by atoms with E-state index in [9.17, 15) is 4.79 Å². The average molecular weight is 230 g/mol. The topological polar surface area (TPSA) is 74.8 Å². The van der Waals surface area contributed by atoms with Crippen LogP contribution in [0, 0.1) is 0 Å². The van der Waals surface area contributed by atoms with E-state index in [-0.39, 0.29) is 5.56 Å². The van der Waals surface area contributed by atoms with Gasteiger partial charge in [0.25, 0.3) is 0 Å². The maximum atomic E-state index is 10.9. The van der Waals surface area contributed by atoms with Crippen molar-refractivity contribution in [2.24, 2.45) is 5.16 Å². The van der Waals surface area contributed by atoms with Crippen LogP contribution in [0.5, 0.6) is 0 Å². The Kier molecular flexibility index (Phi) is 2.91. The number of hydrogen-bond acceptors (Lipinski definition) is 3. The Balaban J connectivity index is 2.49. The summed E-state index contributed by atoms with van der Waals surface area (Å²) in [5.74, 6) is -0.976. The fourth-order valence-corrected chi connectivity index (χ4v) is 1.58. The van der Waals surface area contributed by atoms with Gasteiger partial charge in [-0.3, -0.25) is 0 Å². The fourth-order valence-electron chi connectivity index (χ4n) is 1.58. The Hall–Kier alpha value is -2.56. The van der Waals surface area contributed by atoms with Crippen LogP contribution >= 0.6 is 0 Å². The number of nitrogens with zero attached hydrogens (tertiary/aromatic N) is 2. The number of aromatic nitrogens is 1. The molecular formula is C12H10N2O3. The van der Waals surface area contributed by atoms with Crippen LogP contribution in [0.15, 0.2) is 47.8 Å². The summed E-state index contributed by atoms with van der Waals surface area (Å²) in [4.78, 5) is 10.9. The molecule has 0 bridgehead atoms. The van der Waals surface area contributed by atoms with E-state index in [0.29, 0.717) is 11.4 Å². The van der Waals surface area contributed by atoms with Gasteiger partial charge in [0.15, 0.2) is 0 Å². The lowest BCUT2D eigenvalue weighted by molar-refractivity contribution is 0.0697. The van der Waals surface area contributed by atoms with Crippen molar-refractivity contribution in [2.45, 2.75) is 0 Å². The van der Waals surface area contributed by atoms with Gasteiger partial charge >= 0.3 is 5.97 Å². The number of oxime groups is 1. The minimum atomic E-state index is -0.976. The number of rotatable bonds is 3. The summed E-state index contributed by atoms with van der Waals surface area (Å²) in [6, 6.07) is 10.1. The molecule has 86 valence electrons. The van der Waals surface area contributed by atoms with Crippen LogP contribution in [0.4, 0.5) is 0 Å². The van der Waals surface area contributed by atoms with E-state index in [1.807, 2.05) is 0 Å². The zero-order valence-electron chi connectivity index (χ0n) is 8.82. The third-order valence-electron chi connectivity index (χ3n) is 2.34. The third-order valence-corrected chi connectivity index (χ3v) is 2.34. The smallest absolute Gasteiger partial charge is 0.335 e. The quantitative estimate of drug-likeness (QED) is 0.481. The Morgan fingerprint density at radius 1 is 1.29 bits per heavy atom. The van der Waals surface area contributed by atoms with Crippen molar-refractivity contribution in [1.29, 1.82) is 0 Å². The van der Waals surface area contributed by atoms with E-state index < -0.39 is 5.97 Å². The first-order chi connectivity index (χ1) is 8.22. The van der Waals surface area contributed by atoms with Crippen molar-refractivity contribution in [3.05, 3.63) is 53.9 Å². The monoisotopic (exact) mass is 230 g/mol. The molecule has 0 saturated heterocycles. The molecule has 5 nitrogen and oxygen atoms in total. The molecule has 0 aliphatic heterocycles. The first-order valence-electron chi connectivity index (χ1n) is 4.91. The maximum absolute atomic E-state index is 10.9. The molecule has 2 aromatic rings. The Morgan fingerprint density at radius 2 is 2.12 bits per heavy atom. The summed E-state index contributed by atoms with van der Waals surface area (Å²) in [6.07, 6.45) is 3.05. The van der Waals surface area contributed by atoms with Gasteiger partial charge in [-0.15, -0.1) is 0 Å². The number of carboxylic acid groups (broad SMARTS) is 1. The number of hydrogen-bond donors (Lipinski definition) is 2. The van der Waals surface area contributed by atoms with Crippen molar-refractivity contribution in [1.82, 2.24) is 4.57 Å². The molecule has 17 heavy (non-hydrogen) atoms. The van der Waals surface area contributed by atoms with Crippen LogP contribution in [0.3, 0.4) is 0 Å². The van der Waals surface area contributed by atoms with E-state index in [1.54, 1.807) is 41.1 Å². The molecule has 0 fully saturated rings. The largest absolute Gasteiger partial charge is 0.478 e. The first kappa shape index (κ1) is 10.9. The third kappa shape index (κ3) is 2.17. The molecule has 0 amide bonds. The summed E-state index contributed by atoms with van der Waals surface area (Å²) in [6.45, 7) is 0. The van der Waals surface area contributed by atoms with E-state index in [4.69, 9.17) is 10.3 Å². The summed E-state index contributed by atoms with van der Waals surface area (Å²) in [5.41, 5.74) is 1.57. The molecule has 0 spiro atoms. The van der Waals surface area contributed by atoms with Gasteiger partial charge in [0.1, 0.15) is 0 Å². The molecule has 0 unspecified atom stereocenters. The predicted molar refractivity (Wildman–Crippen MR) is 62.1 cm³/mol. The number of benzene rings is 1. The van der Waals surface area contributed by atoms with Crippen molar-refractivity contribution in [2.75, 3.05) is 0 Å². The van der Waals surface area contributed by atoms with Crippen LogP contribution in [0.1, 0.15) is 16.1 Å². The second-order valence-corrected chi connectivity index (χ2v) is 3.40. The van der Waals surface area contributed by atoms with Gasteiger partial charge in [-0.25, -0.2) is 4.79 Å². The first-order valence-corrected chi connectivity index (χ1v) is 4.91. The fraction of sp³-hybridized carbons (Fsp3) is 0. The summed E-state index contributed by atoms with van der Waals surface area (Å²) in [7, 11) is 0. The number of aromatic carboxylic acids is 1. The number of carbonyl (C=O) groups is 1. The van der Waals surface area contributed by atoms with E-state index in [0.717, 1.165) is 0 Å². The zero-order valence-corrected chi connectivity index (χ0v) is 8.82. The zero-order chi connectivity index (χ0) is 12.3. The van der Waals surface area contributed by atoms with Crippen LogP contribution in [0.25, 0.3) is 5.69 Å². The highest BCUT2D eigenvalue weighted by Gasteiger charge is 2.06. The molecule has 1 aromatic carbocycles. The second kappa shape index (κ2) is 4.52. The van der Waals surface area contributed by atoms with Crippen molar-refractivity contribution >= 4 is 12.2 Å². The summed E-state index contributed by atoms with van der Waals surface area (Å²) >= 11 is 0. The lowest BCUT2D eigenvalue weighted by Crippen LogP contribution is -2.01. The molecule has 5 heteroatoms. The van der Waals surface area contributed by atoms with Crippen LogP contribution < -0.4 is 0 Å². The standard InChI is InChI=1S/C12H10N2O3/c15-12(16)9-3-1-4-10(7-9)14-6-2-5-11(14)8-13-17/h1-8,17H,(H,15,16). The molecule has 2 N–H and O–H groups in total. The molecule has 0 atom stereocenters. The van der Waals surface area contributed by atoms with Gasteiger partial charge in [0.05, 0.1) is 17.5 Å². The van der Waals surface area contributed by atoms with Crippen LogP contribution in [-0.4, -0.2) is 27.1 Å². The normalized spacial score (nSPS) is 10.8. The SMILES string of the molecule is O=C(O)c1cccc(-n2cccc2C=NO)c1. The molecular weight excluding hydrogens is 220 g/mol. The minimum Gasteiger partial charge on any atom is -0.478 e. The maximum Gasteiger partial charge on any atom is 0.335 e. The molecule has 0 radical (unpaired) electrons.